The number of aromatic nitrogens is 4. The molecule has 166 valence electrons. The van der Waals surface area contributed by atoms with Crippen molar-refractivity contribution >= 4 is 17.4 Å². The average Bonchev–Trinajstić information content (AvgIpc) is 3.37. The fraction of sp³-hybridized carbons (Fsp3) is 0.280. The molecule has 0 aliphatic carbocycles. The molecule has 0 radical (unpaired) electrons. The average molecular weight is 440 g/mol. The monoisotopic (exact) mass is 439 g/mol. The van der Waals surface area contributed by atoms with Crippen LogP contribution in [0.3, 0.4) is 0 Å². The first kappa shape index (κ1) is 19.9. The van der Waals surface area contributed by atoms with E-state index in [0.717, 1.165) is 49.2 Å². The van der Waals surface area contributed by atoms with Crippen LogP contribution in [0.4, 0.5) is 5.82 Å². The third-order valence-corrected chi connectivity index (χ3v) is 6.70. The number of carbonyl (C=O) groups is 1. The number of benzene rings is 1. The van der Waals surface area contributed by atoms with Gasteiger partial charge in [-0.25, -0.2) is 14.5 Å². The Bertz CT molecular complexity index is 1320. The molecular weight excluding hydrogens is 414 g/mol. The highest BCUT2D eigenvalue weighted by molar-refractivity contribution is 5.97. The van der Waals surface area contributed by atoms with Gasteiger partial charge >= 0.3 is 0 Å². The summed E-state index contributed by atoms with van der Waals surface area (Å²) in [5.74, 6) is 0.339. The zero-order valence-electron chi connectivity index (χ0n) is 18.2. The molecule has 2 aliphatic heterocycles. The van der Waals surface area contributed by atoms with Crippen molar-refractivity contribution in [2.45, 2.75) is 31.3 Å². The lowest BCUT2D eigenvalue weighted by molar-refractivity contribution is 0.0680. The number of hydrogen-bond donors (Lipinski definition) is 2. The van der Waals surface area contributed by atoms with Crippen LogP contribution in [-0.2, 0) is 0 Å². The number of hydrogen-bond acceptors (Lipinski definition) is 6. The zero-order chi connectivity index (χ0) is 22.4. The molecule has 8 nitrogen and oxygen atoms in total. The van der Waals surface area contributed by atoms with Gasteiger partial charge < -0.3 is 16.0 Å². The van der Waals surface area contributed by atoms with Crippen LogP contribution in [0.2, 0.25) is 0 Å². The minimum absolute atomic E-state index is 0.0240. The van der Waals surface area contributed by atoms with Crippen molar-refractivity contribution in [3.05, 3.63) is 66.5 Å². The molecule has 2 atom stereocenters. The predicted octanol–water partition coefficient (Wildman–Crippen LogP) is 3.01. The Morgan fingerprint density at radius 3 is 2.73 bits per heavy atom. The molecule has 8 heteroatoms. The molecule has 1 aromatic carbocycles. The van der Waals surface area contributed by atoms with Crippen molar-refractivity contribution < 1.29 is 4.79 Å². The van der Waals surface area contributed by atoms with E-state index in [4.69, 9.17) is 10.7 Å². The predicted molar refractivity (Wildman–Crippen MR) is 127 cm³/mol. The number of amides is 1. The van der Waals surface area contributed by atoms with Crippen molar-refractivity contribution in [1.29, 1.82) is 0 Å². The number of nitrogens with one attached hydrogen (secondary N) is 1. The van der Waals surface area contributed by atoms with E-state index in [2.05, 4.69) is 20.3 Å². The van der Waals surface area contributed by atoms with Gasteiger partial charge in [-0.2, -0.15) is 5.10 Å². The maximum Gasteiger partial charge on any atom is 0.254 e. The highest BCUT2D eigenvalue weighted by Crippen LogP contribution is 2.31. The number of carbonyl (C=O) groups excluding carboxylic acids is 1. The minimum Gasteiger partial charge on any atom is -0.384 e. The van der Waals surface area contributed by atoms with Crippen LogP contribution in [0.15, 0.2) is 60.9 Å². The quantitative estimate of drug-likeness (QED) is 0.509. The summed E-state index contributed by atoms with van der Waals surface area (Å²) in [7, 11) is 0. The number of nitrogen functional groups attached to an aromatic ring is 1. The van der Waals surface area contributed by atoms with Crippen molar-refractivity contribution in [2.75, 3.05) is 18.8 Å². The van der Waals surface area contributed by atoms with Gasteiger partial charge in [0.15, 0.2) is 5.65 Å². The van der Waals surface area contributed by atoms with E-state index in [9.17, 15) is 4.79 Å². The number of nitrogens with two attached hydrogens (primary N) is 1. The summed E-state index contributed by atoms with van der Waals surface area (Å²) in [6, 6.07) is 15.9. The first-order chi connectivity index (χ1) is 16.2. The molecule has 4 aromatic rings. The Balaban J connectivity index is 1.40. The third kappa shape index (κ3) is 3.52. The molecule has 2 saturated heterocycles. The zero-order valence-corrected chi connectivity index (χ0v) is 18.2. The van der Waals surface area contributed by atoms with E-state index in [1.165, 1.54) is 0 Å². The van der Waals surface area contributed by atoms with E-state index in [1.807, 2.05) is 48.7 Å². The number of rotatable bonds is 3. The molecule has 6 rings (SSSR count). The lowest BCUT2D eigenvalue weighted by Gasteiger charge is -2.28. The summed E-state index contributed by atoms with van der Waals surface area (Å²) in [5.41, 5.74) is 10.6. The topological polar surface area (TPSA) is 101 Å². The molecule has 1 amide bonds. The van der Waals surface area contributed by atoms with E-state index < -0.39 is 0 Å². The van der Waals surface area contributed by atoms with E-state index in [0.29, 0.717) is 22.7 Å². The highest BCUT2D eigenvalue weighted by Gasteiger charge is 2.38. The van der Waals surface area contributed by atoms with Crippen LogP contribution in [0, 0.1) is 0 Å². The molecule has 2 bridgehead atoms. The van der Waals surface area contributed by atoms with Crippen molar-refractivity contribution in [2.24, 2.45) is 0 Å². The van der Waals surface area contributed by atoms with Gasteiger partial charge in [-0.1, -0.05) is 30.3 Å². The Morgan fingerprint density at radius 1 is 1.00 bits per heavy atom. The summed E-state index contributed by atoms with van der Waals surface area (Å²) in [5, 5.41) is 7.89. The molecule has 3 N–H and O–H groups in total. The van der Waals surface area contributed by atoms with Crippen LogP contribution in [0.5, 0.6) is 0 Å². The van der Waals surface area contributed by atoms with Crippen LogP contribution < -0.4 is 11.1 Å². The van der Waals surface area contributed by atoms with Gasteiger partial charge in [0.05, 0.1) is 23.1 Å². The minimum atomic E-state index is 0.0240. The number of fused-ring (bicyclic) bond motifs is 3. The molecular formula is C25H25N7O. The summed E-state index contributed by atoms with van der Waals surface area (Å²) in [6.07, 6.45) is 6.69. The maximum absolute atomic E-state index is 13.6. The van der Waals surface area contributed by atoms with Crippen molar-refractivity contribution in [1.82, 2.24) is 29.8 Å². The fourth-order valence-electron chi connectivity index (χ4n) is 5.10. The summed E-state index contributed by atoms with van der Waals surface area (Å²) in [4.78, 5) is 25.0. The van der Waals surface area contributed by atoms with Gasteiger partial charge in [0.2, 0.25) is 0 Å². The van der Waals surface area contributed by atoms with E-state index in [-0.39, 0.29) is 18.0 Å². The second kappa shape index (κ2) is 7.97. The number of pyridine rings is 1. The molecule has 3 aromatic heterocycles. The lowest BCUT2D eigenvalue weighted by atomic mass is 10.1. The Morgan fingerprint density at radius 2 is 1.85 bits per heavy atom. The molecule has 5 heterocycles. The van der Waals surface area contributed by atoms with E-state index >= 15 is 0 Å². The normalized spacial score (nSPS) is 20.2. The summed E-state index contributed by atoms with van der Waals surface area (Å²) in [6.45, 7) is 1.79. The second-order valence-corrected chi connectivity index (χ2v) is 8.76. The van der Waals surface area contributed by atoms with Crippen LogP contribution in [0.25, 0.3) is 28.2 Å². The Labute approximate surface area is 191 Å². The van der Waals surface area contributed by atoms with Gasteiger partial charge in [0, 0.05) is 36.0 Å². The van der Waals surface area contributed by atoms with Gasteiger partial charge in [-0.3, -0.25) is 4.79 Å². The molecule has 0 saturated carbocycles. The lowest BCUT2D eigenvalue weighted by Crippen LogP contribution is -2.42. The molecule has 0 spiro atoms. The van der Waals surface area contributed by atoms with Gasteiger partial charge in [-0.05, 0) is 44.0 Å². The SMILES string of the molecule is Nc1cc(C(=O)N2C3CCNCC2CC3)cc(-c2cnn3ccc(-c4ccccc4)nc23)n1. The van der Waals surface area contributed by atoms with Gasteiger partial charge in [0.25, 0.3) is 5.91 Å². The summed E-state index contributed by atoms with van der Waals surface area (Å²) < 4.78 is 1.72. The van der Waals surface area contributed by atoms with Crippen molar-refractivity contribution in [3.8, 4) is 22.5 Å². The molecule has 33 heavy (non-hydrogen) atoms. The van der Waals surface area contributed by atoms with Gasteiger partial charge in [-0.15, -0.1) is 0 Å². The fourth-order valence-corrected chi connectivity index (χ4v) is 5.10. The van der Waals surface area contributed by atoms with Gasteiger partial charge in [0.1, 0.15) is 5.82 Å². The smallest absolute Gasteiger partial charge is 0.254 e. The van der Waals surface area contributed by atoms with Crippen LogP contribution >= 0.6 is 0 Å². The first-order valence-electron chi connectivity index (χ1n) is 11.4. The van der Waals surface area contributed by atoms with E-state index in [1.54, 1.807) is 16.8 Å². The molecule has 2 aliphatic rings. The highest BCUT2D eigenvalue weighted by atomic mass is 16.2. The number of nitrogens with zero attached hydrogens (tertiary/aromatic N) is 5. The second-order valence-electron chi connectivity index (χ2n) is 8.76. The Hall–Kier alpha value is -3.78. The Kier molecular flexibility index (Phi) is 4.80. The maximum atomic E-state index is 13.6. The van der Waals surface area contributed by atoms with Crippen LogP contribution in [0.1, 0.15) is 29.6 Å². The van der Waals surface area contributed by atoms with Crippen LogP contribution in [-0.4, -0.2) is 55.6 Å². The largest absolute Gasteiger partial charge is 0.384 e. The first-order valence-corrected chi connectivity index (χ1v) is 11.4. The molecule has 2 fully saturated rings. The van der Waals surface area contributed by atoms with Crippen molar-refractivity contribution in [3.63, 3.8) is 0 Å². The molecule has 2 unspecified atom stereocenters. The standard InChI is InChI=1S/C25H25N7O/c26-23-13-17(25(33)32-18-6-7-19(32)14-27-10-8-18)12-22(29-23)20-15-28-31-11-9-21(30-24(20)31)16-4-2-1-3-5-16/h1-5,9,11-13,15,18-19,27H,6-8,10,14H2,(H2,26,29). The number of anilines is 1. The third-order valence-electron chi connectivity index (χ3n) is 6.70. The summed E-state index contributed by atoms with van der Waals surface area (Å²) >= 11 is 0.